The predicted molar refractivity (Wildman–Crippen MR) is 129 cm³/mol. The summed E-state index contributed by atoms with van der Waals surface area (Å²) >= 11 is 6.67. The van der Waals surface area contributed by atoms with Gasteiger partial charge in [-0.05, 0) is 60.1 Å². The third-order valence-corrected chi connectivity index (χ3v) is 5.44. The van der Waals surface area contributed by atoms with E-state index in [1.54, 1.807) is 56.1 Å². The van der Waals surface area contributed by atoms with Crippen molar-refractivity contribution in [3.63, 3.8) is 0 Å². The van der Waals surface area contributed by atoms with E-state index in [0.29, 0.717) is 28.6 Å². The molecule has 4 rings (SSSR count). The summed E-state index contributed by atoms with van der Waals surface area (Å²) in [7, 11) is 3.17. The summed E-state index contributed by atoms with van der Waals surface area (Å²) < 4.78 is 16.8. The van der Waals surface area contributed by atoms with Crippen molar-refractivity contribution in [3.8, 4) is 23.0 Å². The summed E-state index contributed by atoms with van der Waals surface area (Å²) in [5.74, 6) is 2.21. The van der Waals surface area contributed by atoms with Crippen LogP contribution in [0.25, 0.3) is 10.9 Å². The first-order valence-corrected chi connectivity index (χ1v) is 10.9. The number of rotatable bonds is 6. The molecule has 0 aliphatic carbocycles. The molecule has 0 aliphatic rings. The lowest BCUT2D eigenvalue weighted by molar-refractivity contribution is 0.0978. The standard InChI is InChI=1S/C23H19N3O4S2/c1-28-20-11-17-18(12-21(20)29-2)24-9-7-19(17)30-16-5-3-15(4-6-16)25-23(31)26-22(27)14-8-10-32-13-14/h3-13H,1-2H3,(H2,25,26,27,31). The second-order valence-electron chi connectivity index (χ2n) is 6.58. The van der Waals surface area contributed by atoms with Crippen LogP contribution in [-0.4, -0.2) is 30.2 Å². The Bertz CT molecular complexity index is 1260. The van der Waals surface area contributed by atoms with E-state index in [9.17, 15) is 4.79 Å². The van der Waals surface area contributed by atoms with Gasteiger partial charge in [-0.3, -0.25) is 15.1 Å². The first-order chi connectivity index (χ1) is 15.6. The van der Waals surface area contributed by atoms with E-state index >= 15 is 0 Å². The number of fused-ring (bicyclic) bond motifs is 1. The fourth-order valence-electron chi connectivity index (χ4n) is 3.00. The molecule has 32 heavy (non-hydrogen) atoms. The summed E-state index contributed by atoms with van der Waals surface area (Å²) in [6.45, 7) is 0. The number of aromatic nitrogens is 1. The molecule has 2 N–H and O–H groups in total. The number of nitrogens with one attached hydrogen (secondary N) is 2. The smallest absolute Gasteiger partial charge is 0.258 e. The number of carbonyl (C=O) groups is 1. The largest absolute Gasteiger partial charge is 0.493 e. The van der Waals surface area contributed by atoms with Gasteiger partial charge >= 0.3 is 0 Å². The van der Waals surface area contributed by atoms with E-state index in [4.69, 9.17) is 26.4 Å². The van der Waals surface area contributed by atoms with Gasteiger partial charge in [0.15, 0.2) is 16.6 Å². The molecule has 9 heteroatoms. The van der Waals surface area contributed by atoms with Crippen LogP contribution in [0.15, 0.2) is 65.5 Å². The molecule has 0 fully saturated rings. The number of thiophene rings is 1. The van der Waals surface area contributed by atoms with Crippen molar-refractivity contribution in [2.75, 3.05) is 19.5 Å². The van der Waals surface area contributed by atoms with Crippen molar-refractivity contribution in [1.29, 1.82) is 0 Å². The maximum atomic E-state index is 12.1. The number of hydrogen-bond acceptors (Lipinski definition) is 7. The number of thiocarbonyl (C=S) groups is 1. The Labute approximate surface area is 194 Å². The van der Waals surface area contributed by atoms with Crippen LogP contribution in [0.5, 0.6) is 23.0 Å². The third kappa shape index (κ3) is 4.79. The highest BCUT2D eigenvalue weighted by molar-refractivity contribution is 7.80. The van der Waals surface area contributed by atoms with Gasteiger partial charge in [0.1, 0.15) is 11.5 Å². The molecule has 0 aliphatic heterocycles. The van der Waals surface area contributed by atoms with Crippen molar-refractivity contribution >= 4 is 51.2 Å². The molecule has 2 aromatic heterocycles. The van der Waals surface area contributed by atoms with Gasteiger partial charge in [0.05, 0.1) is 25.3 Å². The monoisotopic (exact) mass is 465 g/mol. The molecule has 0 atom stereocenters. The maximum Gasteiger partial charge on any atom is 0.258 e. The highest BCUT2D eigenvalue weighted by atomic mass is 32.1. The van der Waals surface area contributed by atoms with Crippen molar-refractivity contribution in [2.24, 2.45) is 0 Å². The lowest BCUT2D eigenvalue weighted by Gasteiger charge is -2.13. The molecule has 0 unspecified atom stereocenters. The van der Waals surface area contributed by atoms with Crippen molar-refractivity contribution in [3.05, 3.63) is 71.1 Å². The molecule has 0 spiro atoms. The fraction of sp³-hybridized carbons (Fsp3) is 0.0870. The first kappa shape index (κ1) is 21.5. The Hall–Kier alpha value is -3.69. The molecule has 7 nitrogen and oxygen atoms in total. The average Bonchev–Trinajstić information content (AvgIpc) is 3.35. The molecular weight excluding hydrogens is 446 g/mol. The molecular formula is C23H19N3O4S2. The van der Waals surface area contributed by atoms with Crippen LogP contribution >= 0.6 is 23.6 Å². The zero-order chi connectivity index (χ0) is 22.5. The van der Waals surface area contributed by atoms with Gasteiger partial charge in [-0.15, -0.1) is 0 Å². The minimum atomic E-state index is -0.250. The minimum absolute atomic E-state index is 0.219. The van der Waals surface area contributed by atoms with Gasteiger partial charge in [-0.1, -0.05) is 0 Å². The molecule has 0 saturated carbocycles. The Morgan fingerprint density at radius 2 is 1.75 bits per heavy atom. The predicted octanol–water partition coefficient (Wildman–Crippen LogP) is 5.23. The van der Waals surface area contributed by atoms with E-state index in [2.05, 4.69) is 15.6 Å². The number of carbonyl (C=O) groups excluding carboxylic acids is 1. The van der Waals surface area contributed by atoms with Crippen LogP contribution in [0, 0.1) is 0 Å². The normalized spacial score (nSPS) is 10.4. The number of pyridine rings is 1. The van der Waals surface area contributed by atoms with Crippen molar-refractivity contribution in [1.82, 2.24) is 10.3 Å². The zero-order valence-electron chi connectivity index (χ0n) is 17.2. The lowest BCUT2D eigenvalue weighted by Crippen LogP contribution is -2.33. The van der Waals surface area contributed by atoms with Gasteiger partial charge in [-0.25, -0.2) is 0 Å². The van der Waals surface area contributed by atoms with Gasteiger partial charge in [0.25, 0.3) is 5.91 Å². The van der Waals surface area contributed by atoms with E-state index in [1.807, 2.05) is 23.6 Å². The summed E-state index contributed by atoms with van der Waals surface area (Å²) in [6, 6.07) is 14.4. The molecule has 0 bridgehead atoms. The number of amides is 1. The molecule has 2 heterocycles. The Morgan fingerprint density at radius 1 is 1.00 bits per heavy atom. The fourth-order valence-corrected chi connectivity index (χ4v) is 3.85. The van der Waals surface area contributed by atoms with Crippen molar-refractivity contribution < 1.29 is 19.0 Å². The molecule has 4 aromatic rings. The van der Waals surface area contributed by atoms with Crippen LogP contribution in [0.1, 0.15) is 10.4 Å². The van der Waals surface area contributed by atoms with E-state index < -0.39 is 0 Å². The highest BCUT2D eigenvalue weighted by Gasteiger charge is 2.12. The van der Waals surface area contributed by atoms with E-state index in [1.165, 1.54) is 11.3 Å². The second-order valence-corrected chi connectivity index (χ2v) is 7.77. The van der Waals surface area contributed by atoms with Gasteiger partial charge < -0.3 is 19.5 Å². The average molecular weight is 466 g/mol. The Kier molecular flexibility index (Phi) is 6.48. The van der Waals surface area contributed by atoms with Crippen LogP contribution < -0.4 is 24.8 Å². The zero-order valence-corrected chi connectivity index (χ0v) is 18.9. The summed E-state index contributed by atoms with van der Waals surface area (Å²) in [5.41, 5.74) is 2.02. The van der Waals surface area contributed by atoms with Crippen LogP contribution in [-0.2, 0) is 0 Å². The molecule has 0 radical (unpaired) electrons. The number of ether oxygens (including phenoxy) is 3. The van der Waals surface area contributed by atoms with Gasteiger partial charge in [-0.2, -0.15) is 11.3 Å². The third-order valence-electron chi connectivity index (χ3n) is 4.56. The number of methoxy groups -OCH3 is 2. The van der Waals surface area contributed by atoms with Crippen LogP contribution in [0.3, 0.4) is 0 Å². The molecule has 2 aromatic carbocycles. The Morgan fingerprint density at radius 3 is 2.44 bits per heavy atom. The topological polar surface area (TPSA) is 81.7 Å². The number of anilines is 1. The van der Waals surface area contributed by atoms with Crippen LogP contribution in [0.4, 0.5) is 5.69 Å². The summed E-state index contributed by atoms with van der Waals surface area (Å²) in [6.07, 6.45) is 1.67. The molecule has 1 amide bonds. The minimum Gasteiger partial charge on any atom is -0.493 e. The highest BCUT2D eigenvalue weighted by Crippen LogP contribution is 2.36. The maximum absolute atomic E-state index is 12.1. The SMILES string of the molecule is COc1cc2nccc(Oc3ccc(NC(=S)NC(=O)c4ccsc4)cc3)c2cc1OC. The number of nitrogens with zero attached hydrogens (tertiary/aromatic N) is 1. The quantitative estimate of drug-likeness (QED) is 0.377. The summed E-state index contributed by atoms with van der Waals surface area (Å²) in [4.78, 5) is 16.5. The van der Waals surface area contributed by atoms with Gasteiger partial charge in [0, 0.05) is 28.7 Å². The van der Waals surface area contributed by atoms with E-state index in [0.717, 1.165) is 16.6 Å². The molecule has 0 saturated heterocycles. The summed E-state index contributed by atoms with van der Waals surface area (Å²) in [5, 5.41) is 10.3. The second kappa shape index (κ2) is 9.63. The van der Waals surface area contributed by atoms with E-state index in [-0.39, 0.29) is 11.0 Å². The number of hydrogen-bond donors (Lipinski definition) is 2. The number of benzene rings is 2. The van der Waals surface area contributed by atoms with Crippen LogP contribution in [0.2, 0.25) is 0 Å². The molecule has 162 valence electrons. The van der Waals surface area contributed by atoms with Crippen molar-refractivity contribution in [2.45, 2.75) is 0 Å². The van der Waals surface area contributed by atoms with Gasteiger partial charge in [0.2, 0.25) is 0 Å². The Balaban J connectivity index is 1.46. The first-order valence-electron chi connectivity index (χ1n) is 9.50. The lowest BCUT2D eigenvalue weighted by atomic mass is 10.2.